The normalized spacial score (nSPS) is 12.4. The van der Waals surface area contributed by atoms with Gasteiger partial charge < -0.3 is 18.9 Å². The first kappa shape index (κ1) is 46.7. The summed E-state index contributed by atoms with van der Waals surface area (Å²) in [5.74, 6) is 1.15. The molecule has 14 aromatic rings. The van der Waals surface area contributed by atoms with Gasteiger partial charge in [-0.1, -0.05) is 229 Å². The van der Waals surface area contributed by atoms with Crippen LogP contribution in [-0.2, 0) is 21.1 Å². The van der Waals surface area contributed by atoms with Gasteiger partial charge in [-0.2, -0.15) is 12.1 Å². The SMILES string of the molecule is Cc1c(-c2ccccc2)cnc2c1c1ccccc1c1ccccc1c1cccc3c4ccc(Oc5[c-]c6c(cc5)-c5ccccc5-c5cccc7c5N6[CH-]N7c5c(-c6ccccc6)cccc5-c5ccccc5)[c-]c4n2c13.[Pt]. The molecule has 0 saturated carbocycles. The molecule has 0 spiro atoms. The molecule has 0 fully saturated rings. The summed E-state index contributed by atoms with van der Waals surface area (Å²) in [6, 6.07) is 94.5. The zero-order chi connectivity index (χ0) is 51.4. The number of para-hydroxylation sites is 3. The molecule has 0 unspecified atom stereocenters. The topological polar surface area (TPSA) is 33.0 Å². The Hall–Kier alpha value is -9.54. The van der Waals surface area contributed by atoms with Crippen LogP contribution < -0.4 is 14.5 Å². The standard InChI is InChI=1S/C73H45N4O.Pt/c1-46-65(49-24-9-4-10-25-49)44-74-73-69(46)61-31-16-15-28-56(61)54-26-11-13-29-57(54)62-34-18-35-64-60-41-39-51(43-68(60)77(73)71(62)64)78-50-38-40-59-55-27-12-14-30-58(55)63-36-19-37-66-72(63)76(67(59)42-50)45-75(66)70-52(47-20-5-2-6-21-47)32-17-33-53(70)48-22-7-3-8-23-48;/h2-41,44-45H,1H3;/q-3;. The fraction of sp³-hybridized carbons (Fsp3) is 0.0137. The smallest absolute Gasteiger partial charge is 0.143 e. The van der Waals surface area contributed by atoms with E-state index in [4.69, 9.17) is 9.72 Å². The molecular formula is C73H45N4OPt-3. The number of hydrogen-bond acceptors (Lipinski definition) is 4. The molecule has 6 heteroatoms. The van der Waals surface area contributed by atoms with Crippen LogP contribution in [-0.4, -0.2) is 9.38 Å². The number of aryl methyl sites for hydroxylation is 1. The quantitative estimate of drug-likeness (QED) is 0.155. The van der Waals surface area contributed by atoms with Gasteiger partial charge >= 0.3 is 0 Å². The van der Waals surface area contributed by atoms with E-state index < -0.39 is 0 Å². The Morgan fingerprint density at radius 3 is 1.57 bits per heavy atom. The third-order valence-corrected chi connectivity index (χ3v) is 16.0. The summed E-state index contributed by atoms with van der Waals surface area (Å²) < 4.78 is 9.41. The van der Waals surface area contributed by atoms with Crippen molar-refractivity contribution < 1.29 is 25.8 Å². The molecule has 0 amide bonds. The first-order valence-corrected chi connectivity index (χ1v) is 26.5. The summed E-state index contributed by atoms with van der Waals surface area (Å²) in [7, 11) is 0. The molecule has 2 aliphatic heterocycles. The van der Waals surface area contributed by atoms with E-state index in [9.17, 15) is 0 Å². The van der Waals surface area contributed by atoms with E-state index in [0.717, 1.165) is 138 Å². The van der Waals surface area contributed by atoms with Crippen LogP contribution in [0.15, 0.2) is 249 Å². The third kappa shape index (κ3) is 7.23. The molecule has 0 aliphatic carbocycles. The molecule has 0 atom stereocenters. The van der Waals surface area contributed by atoms with E-state index in [0.29, 0.717) is 11.5 Å². The Morgan fingerprint density at radius 1 is 0.392 bits per heavy atom. The second-order valence-corrected chi connectivity index (χ2v) is 20.3. The summed E-state index contributed by atoms with van der Waals surface area (Å²) in [6.45, 7) is 4.49. The van der Waals surface area contributed by atoms with Gasteiger partial charge in [0.15, 0.2) is 0 Å². The van der Waals surface area contributed by atoms with Crippen molar-refractivity contribution >= 4 is 82.5 Å². The van der Waals surface area contributed by atoms with Crippen LogP contribution in [0.4, 0.5) is 22.7 Å². The predicted octanol–water partition coefficient (Wildman–Crippen LogP) is 19.4. The van der Waals surface area contributed by atoms with Crippen LogP contribution in [0.3, 0.4) is 0 Å². The van der Waals surface area contributed by atoms with Crippen LogP contribution in [0.2, 0.25) is 0 Å². The number of nitrogens with zero attached hydrogens (tertiary/aromatic N) is 4. The minimum Gasteiger partial charge on any atom is -0.509 e. The minimum absolute atomic E-state index is 0. The van der Waals surface area contributed by atoms with E-state index in [1.54, 1.807) is 0 Å². The summed E-state index contributed by atoms with van der Waals surface area (Å²) >= 11 is 0. The second kappa shape index (κ2) is 18.6. The van der Waals surface area contributed by atoms with Crippen molar-refractivity contribution in [3.05, 3.63) is 273 Å². The van der Waals surface area contributed by atoms with Gasteiger partial charge in [0, 0.05) is 94.4 Å². The molecule has 3 aromatic heterocycles. The van der Waals surface area contributed by atoms with E-state index in [2.05, 4.69) is 270 Å². The van der Waals surface area contributed by atoms with E-state index in [1.807, 2.05) is 18.3 Å². The summed E-state index contributed by atoms with van der Waals surface area (Å²) in [5, 5.41) is 9.01. The monoisotopic (exact) mass is 1190 g/mol. The van der Waals surface area contributed by atoms with Crippen molar-refractivity contribution in [1.82, 2.24) is 9.38 Å². The van der Waals surface area contributed by atoms with E-state index in [1.165, 1.54) is 5.39 Å². The molecular weight excluding hydrogens is 1140 g/mol. The van der Waals surface area contributed by atoms with Crippen LogP contribution in [0, 0.1) is 25.7 Å². The van der Waals surface area contributed by atoms with E-state index >= 15 is 0 Å². The molecule has 2 aliphatic rings. The van der Waals surface area contributed by atoms with Gasteiger partial charge in [-0.3, -0.25) is 0 Å². The second-order valence-electron chi connectivity index (χ2n) is 20.3. The zero-order valence-electron chi connectivity index (χ0n) is 42.8. The zero-order valence-corrected chi connectivity index (χ0v) is 45.0. The van der Waals surface area contributed by atoms with Gasteiger partial charge in [0.25, 0.3) is 0 Å². The van der Waals surface area contributed by atoms with Crippen molar-refractivity contribution in [1.29, 1.82) is 0 Å². The number of benzene rings is 11. The van der Waals surface area contributed by atoms with Gasteiger partial charge in [-0.05, 0) is 67.7 Å². The Bertz CT molecular complexity index is 4760. The maximum Gasteiger partial charge on any atom is 0.143 e. The Kier molecular flexibility index (Phi) is 11.0. The van der Waals surface area contributed by atoms with Crippen molar-refractivity contribution in [3.8, 4) is 67.1 Å². The van der Waals surface area contributed by atoms with Gasteiger partial charge in [0.1, 0.15) is 5.65 Å². The maximum absolute atomic E-state index is 7.07. The molecule has 0 N–H and O–H groups in total. The Labute approximate surface area is 471 Å². The molecule has 11 aromatic carbocycles. The van der Waals surface area contributed by atoms with E-state index in [-0.39, 0.29) is 21.1 Å². The average molecular weight is 1190 g/mol. The molecule has 16 rings (SSSR count). The number of pyridine rings is 1. The number of fused-ring (bicyclic) bond motifs is 15. The minimum atomic E-state index is 0. The molecule has 0 saturated heterocycles. The molecule has 0 bridgehead atoms. The maximum atomic E-state index is 7.07. The largest absolute Gasteiger partial charge is 0.509 e. The number of anilines is 4. The van der Waals surface area contributed by atoms with Gasteiger partial charge in [-0.25, -0.2) is 4.98 Å². The van der Waals surface area contributed by atoms with Crippen LogP contribution in [0.5, 0.6) is 11.5 Å². The number of aromatic nitrogens is 2. The van der Waals surface area contributed by atoms with Crippen LogP contribution in [0.1, 0.15) is 5.56 Å². The fourth-order valence-corrected chi connectivity index (χ4v) is 12.6. The third-order valence-electron chi connectivity index (χ3n) is 16.0. The fourth-order valence-electron chi connectivity index (χ4n) is 12.6. The van der Waals surface area contributed by atoms with Crippen molar-refractivity contribution in [2.24, 2.45) is 0 Å². The first-order valence-electron chi connectivity index (χ1n) is 26.5. The molecule has 376 valence electrons. The molecule has 0 radical (unpaired) electrons. The van der Waals surface area contributed by atoms with Gasteiger partial charge in [0.2, 0.25) is 0 Å². The van der Waals surface area contributed by atoms with Crippen molar-refractivity contribution in [2.45, 2.75) is 6.92 Å². The average Bonchev–Trinajstić information content (AvgIpc) is 4.21. The number of ether oxygens (including phenoxy) is 1. The van der Waals surface area contributed by atoms with Crippen molar-refractivity contribution in [2.75, 3.05) is 9.80 Å². The number of hydrogen-bond donors (Lipinski definition) is 0. The molecule has 5 nitrogen and oxygen atoms in total. The van der Waals surface area contributed by atoms with Gasteiger partial charge in [0.05, 0.1) is 0 Å². The summed E-state index contributed by atoms with van der Waals surface area (Å²) in [6.07, 6.45) is 2.05. The Morgan fingerprint density at radius 2 is 0.886 bits per heavy atom. The predicted molar refractivity (Wildman–Crippen MR) is 323 cm³/mol. The van der Waals surface area contributed by atoms with Crippen LogP contribution in [0.25, 0.3) is 115 Å². The first-order chi connectivity index (χ1) is 38.6. The molecule has 79 heavy (non-hydrogen) atoms. The number of rotatable bonds is 6. The van der Waals surface area contributed by atoms with Crippen molar-refractivity contribution in [3.63, 3.8) is 0 Å². The van der Waals surface area contributed by atoms with Crippen LogP contribution >= 0.6 is 0 Å². The molecule has 5 heterocycles. The summed E-state index contributed by atoms with van der Waals surface area (Å²) in [4.78, 5) is 10.2. The Balaban J connectivity index is 0.00000541. The summed E-state index contributed by atoms with van der Waals surface area (Å²) in [5.41, 5.74) is 19.4. The van der Waals surface area contributed by atoms with Gasteiger partial charge in [-0.15, -0.1) is 41.9 Å².